The van der Waals surface area contributed by atoms with Gasteiger partial charge in [-0.3, -0.25) is 14.5 Å². The molecule has 0 bridgehead atoms. The predicted molar refractivity (Wildman–Crippen MR) is 81.8 cm³/mol. The Morgan fingerprint density at radius 3 is 2.32 bits per heavy atom. The molecule has 2 rings (SSSR count). The van der Waals surface area contributed by atoms with E-state index in [1.54, 1.807) is 36.0 Å². The monoisotopic (exact) mass is 339 g/mol. The Hall–Kier alpha value is -1.07. The van der Waals surface area contributed by atoms with E-state index in [1.165, 1.54) is 4.90 Å². The Morgan fingerprint density at radius 2 is 1.79 bits per heavy atom. The number of carbonyl (C=O) groups excluding carboxylic acids is 2. The van der Waals surface area contributed by atoms with Crippen LogP contribution in [0.2, 0.25) is 0 Å². The molecule has 0 fully saturated rings. The molecule has 1 aliphatic heterocycles. The Morgan fingerprint density at radius 1 is 1.21 bits per heavy atom. The zero-order chi connectivity index (χ0) is 13.8. The standard InChI is InChI=1S/C14H14BrNO2S/c1-10(15)9-19-8-4-7-16-13(17)11-5-2-3-6-12(11)14(16)18/h2-3,5-6H,1,4,7-9H2. The van der Waals surface area contributed by atoms with Crippen LogP contribution in [0.3, 0.4) is 0 Å². The number of thioether (sulfide) groups is 1. The lowest BCUT2D eigenvalue weighted by Crippen LogP contribution is -2.31. The van der Waals surface area contributed by atoms with Gasteiger partial charge in [0.05, 0.1) is 11.1 Å². The van der Waals surface area contributed by atoms with Gasteiger partial charge in [0.2, 0.25) is 0 Å². The lowest BCUT2D eigenvalue weighted by molar-refractivity contribution is 0.0655. The third-order valence-electron chi connectivity index (χ3n) is 2.81. The Labute approximate surface area is 125 Å². The predicted octanol–water partition coefficient (Wildman–Crippen LogP) is 3.31. The molecule has 0 aromatic heterocycles. The summed E-state index contributed by atoms with van der Waals surface area (Å²) >= 11 is 5.03. The van der Waals surface area contributed by atoms with Gasteiger partial charge in [-0.2, -0.15) is 11.8 Å². The number of rotatable bonds is 6. The first kappa shape index (κ1) is 14.3. The van der Waals surface area contributed by atoms with Gasteiger partial charge in [-0.05, 0) is 28.8 Å². The van der Waals surface area contributed by atoms with E-state index in [4.69, 9.17) is 0 Å². The summed E-state index contributed by atoms with van der Waals surface area (Å²) in [5.74, 6) is 1.41. The average molecular weight is 340 g/mol. The minimum atomic E-state index is -0.171. The van der Waals surface area contributed by atoms with E-state index in [0.29, 0.717) is 17.7 Å². The summed E-state index contributed by atoms with van der Waals surface area (Å²) in [6.45, 7) is 4.24. The summed E-state index contributed by atoms with van der Waals surface area (Å²) in [5.41, 5.74) is 1.04. The molecule has 2 amide bonds. The van der Waals surface area contributed by atoms with Gasteiger partial charge in [-0.25, -0.2) is 0 Å². The summed E-state index contributed by atoms with van der Waals surface area (Å²) in [6.07, 6.45) is 0.802. The minimum absolute atomic E-state index is 0.171. The van der Waals surface area contributed by atoms with E-state index in [2.05, 4.69) is 22.5 Å². The van der Waals surface area contributed by atoms with Gasteiger partial charge < -0.3 is 0 Å². The van der Waals surface area contributed by atoms with Crippen molar-refractivity contribution in [2.45, 2.75) is 6.42 Å². The second-order valence-electron chi connectivity index (χ2n) is 4.23. The fourth-order valence-electron chi connectivity index (χ4n) is 1.95. The van der Waals surface area contributed by atoms with Gasteiger partial charge >= 0.3 is 0 Å². The van der Waals surface area contributed by atoms with Crippen LogP contribution in [0, 0.1) is 0 Å². The molecule has 3 nitrogen and oxygen atoms in total. The summed E-state index contributed by atoms with van der Waals surface area (Å²) < 4.78 is 0.957. The number of amides is 2. The largest absolute Gasteiger partial charge is 0.274 e. The van der Waals surface area contributed by atoms with Crippen LogP contribution in [0.15, 0.2) is 35.3 Å². The number of benzene rings is 1. The first-order chi connectivity index (χ1) is 9.11. The number of carbonyl (C=O) groups is 2. The molecule has 0 radical (unpaired) electrons. The molecule has 1 aromatic rings. The first-order valence-electron chi connectivity index (χ1n) is 5.97. The van der Waals surface area contributed by atoms with Crippen molar-refractivity contribution in [1.82, 2.24) is 4.90 Å². The van der Waals surface area contributed by atoms with Crippen molar-refractivity contribution in [3.63, 3.8) is 0 Å². The highest BCUT2D eigenvalue weighted by molar-refractivity contribution is 9.11. The number of nitrogens with zero attached hydrogens (tertiary/aromatic N) is 1. The Balaban J connectivity index is 1.88. The van der Waals surface area contributed by atoms with Crippen LogP contribution >= 0.6 is 27.7 Å². The molecule has 5 heteroatoms. The van der Waals surface area contributed by atoms with Crippen molar-refractivity contribution in [2.24, 2.45) is 0 Å². The molecule has 1 heterocycles. The number of halogens is 1. The average Bonchev–Trinajstić information content (AvgIpc) is 2.63. The molecule has 0 saturated carbocycles. The van der Waals surface area contributed by atoms with Gasteiger partial charge in [0, 0.05) is 12.3 Å². The summed E-state index contributed by atoms with van der Waals surface area (Å²) in [7, 11) is 0. The molecule has 0 aliphatic carbocycles. The van der Waals surface area contributed by atoms with Crippen molar-refractivity contribution < 1.29 is 9.59 Å². The zero-order valence-corrected chi connectivity index (χ0v) is 12.8. The molecular formula is C14H14BrNO2S. The maximum atomic E-state index is 12.1. The zero-order valence-electron chi connectivity index (χ0n) is 10.4. The van der Waals surface area contributed by atoms with Crippen LogP contribution in [0.25, 0.3) is 0 Å². The summed E-state index contributed by atoms with van der Waals surface area (Å²) in [4.78, 5) is 25.5. The highest BCUT2D eigenvalue weighted by Gasteiger charge is 2.34. The van der Waals surface area contributed by atoms with Crippen molar-refractivity contribution in [3.05, 3.63) is 46.5 Å². The fraction of sp³-hybridized carbons (Fsp3) is 0.286. The van der Waals surface area contributed by atoms with Crippen molar-refractivity contribution >= 4 is 39.5 Å². The maximum Gasteiger partial charge on any atom is 0.261 e. The van der Waals surface area contributed by atoms with Gasteiger partial charge in [-0.1, -0.05) is 34.6 Å². The van der Waals surface area contributed by atoms with Crippen molar-refractivity contribution in [3.8, 4) is 0 Å². The van der Waals surface area contributed by atoms with Crippen LogP contribution in [0.4, 0.5) is 0 Å². The second-order valence-corrected chi connectivity index (χ2v) is 6.46. The maximum absolute atomic E-state index is 12.1. The Kier molecular flexibility index (Phi) is 4.82. The molecule has 19 heavy (non-hydrogen) atoms. The van der Waals surface area contributed by atoms with Crippen LogP contribution in [0.1, 0.15) is 27.1 Å². The van der Waals surface area contributed by atoms with Gasteiger partial charge in [-0.15, -0.1) is 0 Å². The molecule has 1 aromatic carbocycles. The van der Waals surface area contributed by atoms with E-state index in [0.717, 1.165) is 22.4 Å². The summed E-state index contributed by atoms with van der Waals surface area (Å²) in [6, 6.07) is 6.98. The molecule has 0 atom stereocenters. The number of hydrogen-bond acceptors (Lipinski definition) is 3. The van der Waals surface area contributed by atoms with E-state index in [-0.39, 0.29) is 11.8 Å². The number of hydrogen-bond donors (Lipinski definition) is 0. The SMILES string of the molecule is C=C(Br)CSCCCN1C(=O)c2ccccc2C1=O. The van der Waals surface area contributed by atoms with E-state index < -0.39 is 0 Å². The Bertz CT molecular complexity index is 495. The van der Waals surface area contributed by atoms with Gasteiger partial charge in [0.15, 0.2) is 0 Å². The molecule has 0 N–H and O–H groups in total. The third kappa shape index (κ3) is 3.28. The molecule has 0 unspecified atom stereocenters. The molecular weight excluding hydrogens is 326 g/mol. The fourth-order valence-corrected chi connectivity index (χ4v) is 3.13. The van der Waals surface area contributed by atoms with Crippen molar-refractivity contribution in [1.29, 1.82) is 0 Å². The second kappa shape index (κ2) is 6.39. The molecule has 0 saturated heterocycles. The van der Waals surface area contributed by atoms with Crippen LogP contribution in [0.5, 0.6) is 0 Å². The smallest absolute Gasteiger partial charge is 0.261 e. The number of fused-ring (bicyclic) bond motifs is 1. The lowest BCUT2D eigenvalue weighted by Gasteiger charge is -2.13. The van der Waals surface area contributed by atoms with E-state index in [9.17, 15) is 9.59 Å². The van der Waals surface area contributed by atoms with Crippen molar-refractivity contribution in [2.75, 3.05) is 18.1 Å². The normalized spacial score (nSPS) is 13.8. The van der Waals surface area contributed by atoms with E-state index in [1.807, 2.05) is 0 Å². The highest BCUT2D eigenvalue weighted by atomic mass is 79.9. The molecule has 100 valence electrons. The number of imide groups is 1. The topological polar surface area (TPSA) is 37.4 Å². The minimum Gasteiger partial charge on any atom is -0.274 e. The quantitative estimate of drug-likeness (QED) is 0.589. The summed E-state index contributed by atoms with van der Waals surface area (Å²) in [5, 5.41) is 0. The lowest BCUT2D eigenvalue weighted by atomic mass is 10.1. The van der Waals surface area contributed by atoms with Gasteiger partial charge in [0.25, 0.3) is 11.8 Å². The first-order valence-corrected chi connectivity index (χ1v) is 7.92. The highest BCUT2D eigenvalue weighted by Crippen LogP contribution is 2.22. The van der Waals surface area contributed by atoms with Crippen LogP contribution in [-0.4, -0.2) is 34.8 Å². The van der Waals surface area contributed by atoms with E-state index >= 15 is 0 Å². The molecule has 1 aliphatic rings. The third-order valence-corrected chi connectivity index (χ3v) is 4.59. The van der Waals surface area contributed by atoms with Crippen LogP contribution in [-0.2, 0) is 0 Å². The van der Waals surface area contributed by atoms with Crippen LogP contribution < -0.4 is 0 Å². The molecule has 0 spiro atoms. The van der Waals surface area contributed by atoms with Gasteiger partial charge in [0.1, 0.15) is 0 Å².